The molecule has 0 aliphatic heterocycles. The highest BCUT2D eigenvalue weighted by atomic mass is 32.2. The number of carboxylic acids is 1. The number of carbonyl (C=O) groups is 1. The Morgan fingerprint density at radius 3 is 2.42 bits per heavy atom. The van der Waals surface area contributed by atoms with E-state index in [1.54, 1.807) is 48.7 Å². The number of carboxylic acid groups (broad SMARTS) is 1. The molecule has 0 saturated carbocycles. The third kappa shape index (κ3) is 5.07. The molecule has 0 amide bonds. The molecule has 0 spiro atoms. The summed E-state index contributed by atoms with van der Waals surface area (Å²) in [5, 5.41) is 8.62. The van der Waals surface area contributed by atoms with Crippen molar-refractivity contribution in [3.63, 3.8) is 0 Å². The Morgan fingerprint density at radius 1 is 1.09 bits per heavy atom. The predicted molar refractivity (Wildman–Crippen MR) is 115 cm³/mol. The number of hydrogen-bond acceptors (Lipinski definition) is 6. The molecule has 0 aliphatic carbocycles. The molecule has 4 aromatic rings. The van der Waals surface area contributed by atoms with Crippen molar-refractivity contribution in [2.24, 2.45) is 5.73 Å². The number of benzene rings is 2. The Balaban J connectivity index is 0.000000383. The number of aliphatic carboxylic acids is 1. The summed E-state index contributed by atoms with van der Waals surface area (Å²) in [5.74, 6) is -2.15. The maximum Gasteiger partial charge on any atom is 0.490 e. The second-order valence-electron chi connectivity index (χ2n) is 6.58. The molecule has 0 radical (unpaired) electrons. The van der Waals surface area contributed by atoms with Crippen LogP contribution in [-0.4, -0.2) is 47.8 Å². The zero-order valence-electron chi connectivity index (χ0n) is 16.9. The Kier molecular flexibility index (Phi) is 6.89. The fourth-order valence-corrected chi connectivity index (χ4v) is 4.53. The minimum absolute atomic E-state index is 0.168. The molecule has 0 unspecified atom stereocenters. The lowest BCUT2D eigenvalue weighted by molar-refractivity contribution is -0.192. The predicted octanol–water partition coefficient (Wildman–Crippen LogP) is 3.40. The van der Waals surface area contributed by atoms with Gasteiger partial charge in [0.2, 0.25) is 0 Å². The van der Waals surface area contributed by atoms with E-state index in [0.717, 1.165) is 10.8 Å². The molecule has 2 heterocycles. The van der Waals surface area contributed by atoms with Gasteiger partial charge < -0.3 is 15.6 Å². The van der Waals surface area contributed by atoms with Gasteiger partial charge in [-0.1, -0.05) is 24.3 Å². The van der Waals surface area contributed by atoms with E-state index in [1.165, 1.54) is 10.2 Å². The molecule has 4 rings (SSSR count). The van der Waals surface area contributed by atoms with Crippen molar-refractivity contribution < 1.29 is 36.2 Å². The summed E-state index contributed by atoms with van der Waals surface area (Å²) < 4.78 is 65.2. The van der Waals surface area contributed by atoms with Gasteiger partial charge in [-0.3, -0.25) is 4.98 Å². The number of rotatable bonds is 5. The number of nitrogens with zero attached hydrogens (tertiary/aromatic N) is 2. The maximum absolute atomic E-state index is 13.3. The molecule has 3 N–H and O–H groups in total. The van der Waals surface area contributed by atoms with Crippen molar-refractivity contribution in [1.29, 1.82) is 0 Å². The molecule has 12 heteroatoms. The molecule has 33 heavy (non-hydrogen) atoms. The summed E-state index contributed by atoms with van der Waals surface area (Å²) >= 11 is 0. The number of nitrogens with two attached hydrogens (primary N) is 1. The smallest absolute Gasteiger partial charge is 0.490 e. The van der Waals surface area contributed by atoms with Crippen molar-refractivity contribution in [3.8, 4) is 5.75 Å². The molecule has 0 bridgehead atoms. The van der Waals surface area contributed by atoms with Gasteiger partial charge in [0.1, 0.15) is 17.3 Å². The van der Waals surface area contributed by atoms with Gasteiger partial charge in [-0.05, 0) is 30.3 Å². The summed E-state index contributed by atoms with van der Waals surface area (Å²) in [6, 6.07) is 15.8. The van der Waals surface area contributed by atoms with Crippen molar-refractivity contribution in [2.75, 3.05) is 13.2 Å². The molecule has 0 atom stereocenters. The van der Waals surface area contributed by atoms with Gasteiger partial charge in [0.15, 0.2) is 0 Å². The van der Waals surface area contributed by atoms with E-state index < -0.39 is 22.2 Å². The van der Waals surface area contributed by atoms with Crippen LogP contribution in [0.25, 0.3) is 21.8 Å². The summed E-state index contributed by atoms with van der Waals surface area (Å²) in [6.07, 6.45) is -1.95. The number of para-hydroxylation sites is 1. The van der Waals surface area contributed by atoms with Gasteiger partial charge in [-0.2, -0.15) is 13.2 Å². The van der Waals surface area contributed by atoms with E-state index in [2.05, 4.69) is 4.98 Å². The zero-order chi connectivity index (χ0) is 24.2. The van der Waals surface area contributed by atoms with Crippen molar-refractivity contribution in [1.82, 2.24) is 8.96 Å². The average molecular weight is 481 g/mol. The van der Waals surface area contributed by atoms with E-state index in [-0.39, 0.29) is 4.90 Å². The quantitative estimate of drug-likeness (QED) is 0.448. The van der Waals surface area contributed by atoms with Gasteiger partial charge in [0.25, 0.3) is 10.0 Å². The Morgan fingerprint density at radius 2 is 1.76 bits per heavy atom. The molecule has 2 aromatic heterocycles. The van der Waals surface area contributed by atoms with Crippen LogP contribution < -0.4 is 10.5 Å². The summed E-state index contributed by atoms with van der Waals surface area (Å²) in [7, 11) is -3.81. The molecule has 8 nitrogen and oxygen atoms in total. The van der Waals surface area contributed by atoms with Gasteiger partial charge in [0, 0.05) is 29.7 Å². The molecule has 0 saturated heterocycles. The number of hydrogen-bond donors (Lipinski definition) is 2. The van der Waals surface area contributed by atoms with Crippen LogP contribution in [0.5, 0.6) is 5.75 Å². The number of halogens is 3. The Hall–Kier alpha value is -3.64. The van der Waals surface area contributed by atoms with Crippen LogP contribution in [0.4, 0.5) is 13.2 Å². The zero-order valence-corrected chi connectivity index (χ0v) is 17.7. The number of aromatic nitrogens is 2. The molecule has 0 aliphatic rings. The van der Waals surface area contributed by atoms with Gasteiger partial charge >= 0.3 is 12.1 Å². The Bertz CT molecular complexity index is 1400. The molecule has 0 fully saturated rings. The van der Waals surface area contributed by atoms with E-state index in [0.29, 0.717) is 29.9 Å². The van der Waals surface area contributed by atoms with E-state index in [1.807, 2.05) is 12.1 Å². The average Bonchev–Trinajstić information content (AvgIpc) is 3.23. The van der Waals surface area contributed by atoms with Gasteiger partial charge in [-0.15, -0.1) is 0 Å². The first-order valence-corrected chi connectivity index (χ1v) is 10.8. The second kappa shape index (κ2) is 9.46. The number of ether oxygens (including phenoxy) is 1. The summed E-state index contributed by atoms with van der Waals surface area (Å²) in [6.45, 7) is 0.751. The van der Waals surface area contributed by atoms with Crippen molar-refractivity contribution >= 4 is 37.8 Å². The first-order valence-electron chi connectivity index (χ1n) is 9.39. The first kappa shape index (κ1) is 24.0. The lowest BCUT2D eigenvalue weighted by Gasteiger charge is -2.11. The second-order valence-corrected chi connectivity index (χ2v) is 8.36. The van der Waals surface area contributed by atoms with Crippen LogP contribution in [0.2, 0.25) is 0 Å². The SMILES string of the molecule is NCCOc1cccc2c1ccn2S(=O)(=O)c1cccc2cccnc12.O=C(O)C(F)(F)F. The molecular weight excluding hydrogens is 463 g/mol. The largest absolute Gasteiger partial charge is 0.492 e. The van der Waals surface area contributed by atoms with Crippen LogP contribution >= 0.6 is 0 Å². The lowest BCUT2D eigenvalue weighted by atomic mass is 10.2. The van der Waals surface area contributed by atoms with E-state index >= 15 is 0 Å². The van der Waals surface area contributed by atoms with Gasteiger partial charge in [0.05, 0.1) is 11.0 Å². The van der Waals surface area contributed by atoms with Crippen LogP contribution in [0.3, 0.4) is 0 Å². The fraction of sp³-hybridized carbons (Fsp3) is 0.143. The van der Waals surface area contributed by atoms with Crippen LogP contribution in [0.15, 0.2) is 71.9 Å². The van der Waals surface area contributed by atoms with Crippen LogP contribution in [0, 0.1) is 0 Å². The highest BCUT2D eigenvalue weighted by Crippen LogP contribution is 2.31. The fourth-order valence-electron chi connectivity index (χ4n) is 3.01. The monoisotopic (exact) mass is 481 g/mol. The van der Waals surface area contributed by atoms with Crippen LogP contribution in [0.1, 0.15) is 0 Å². The van der Waals surface area contributed by atoms with Gasteiger partial charge in [-0.25, -0.2) is 17.2 Å². The number of alkyl halides is 3. The number of fused-ring (bicyclic) bond motifs is 2. The standard InChI is InChI=1S/C19H17N3O3S.C2HF3O2/c20-10-13-25-17-7-2-6-16-15(17)9-12-22(16)26(23,24)18-8-1-4-14-5-3-11-21-19(14)18;3-2(4,5)1(6)7/h1-9,11-12H,10,13,20H2;(H,6,7). The molecule has 174 valence electrons. The third-order valence-electron chi connectivity index (χ3n) is 4.41. The molecular formula is C21H18F3N3O5S. The Labute approximate surface area is 186 Å². The molecule has 2 aromatic carbocycles. The highest BCUT2D eigenvalue weighted by Gasteiger charge is 2.38. The topological polar surface area (TPSA) is 125 Å². The third-order valence-corrected chi connectivity index (χ3v) is 6.13. The highest BCUT2D eigenvalue weighted by molar-refractivity contribution is 7.90. The van der Waals surface area contributed by atoms with Crippen LogP contribution in [-0.2, 0) is 14.8 Å². The lowest BCUT2D eigenvalue weighted by Crippen LogP contribution is -2.21. The van der Waals surface area contributed by atoms with Crippen molar-refractivity contribution in [3.05, 3.63) is 67.0 Å². The summed E-state index contributed by atoms with van der Waals surface area (Å²) in [4.78, 5) is 13.3. The normalized spacial score (nSPS) is 11.8. The minimum Gasteiger partial charge on any atom is -0.492 e. The summed E-state index contributed by atoms with van der Waals surface area (Å²) in [5.41, 5.74) is 6.49. The maximum atomic E-state index is 13.3. The van der Waals surface area contributed by atoms with E-state index in [9.17, 15) is 21.6 Å². The van der Waals surface area contributed by atoms with Crippen molar-refractivity contribution in [2.45, 2.75) is 11.1 Å². The first-order chi connectivity index (χ1) is 15.6. The minimum atomic E-state index is -5.08. The van der Waals surface area contributed by atoms with E-state index in [4.69, 9.17) is 20.4 Å². The number of pyridine rings is 1.